The van der Waals surface area contributed by atoms with Crippen LogP contribution < -0.4 is 10.6 Å². The van der Waals surface area contributed by atoms with Gasteiger partial charge in [0.25, 0.3) is 0 Å². The molecule has 0 bridgehead atoms. The van der Waals surface area contributed by atoms with Gasteiger partial charge < -0.3 is 10.6 Å². The highest BCUT2D eigenvalue weighted by atomic mass is 35.5. The molecule has 0 aliphatic carbocycles. The number of hydrogen-bond acceptors (Lipinski definition) is 2. The molecule has 0 saturated heterocycles. The molecule has 106 valence electrons. The molecule has 0 amide bonds. The van der Waals surface area contributed by atoms with Crippen LogP contribution in [0, 0.1) is 0 Å². The average Bonchev–Trinajstić information content (AvgIpc) is 2.62. The van der Waals surface area contributed by atoms with E-state index in [1.165, 1.54) is 16.8 Å². The van der Waals surface area contributed by atoms with Crippen molar-refractivity contribution >= 4 is 23.8 Å². The second kappa shape index (κ2) is 6.78. The average molecular weight is 289 g/mol. The van der Waals surface area contributed by atoms with E-state index in [1.54, 1.807) is 0 Å². The molecule has 0 fully saturated rings. The molecule has 20 heavy (non-hydrogen) atoms. The molecule has 0 radical (unpaired) electrons. The Kier molecular flexibility index (Phi) is 5.05. The first-order chi connectivity index (χ1) is 9.33. The van der Waals surface area contributed by atoms with Crippen LogP contribution in [-0.4, -0.2) is 13.1 Å². The predicted molar refractivity (Wildman–Crippen MR) is 88.4 cm³/mol. The van der Waals surface area contributed by atoms with Crippen molar-refractivity contribution in [1.29, 1.82) is 0 Å². The lowest BCUT2D eigenvalue weighted by Crippen LogP contribution is -2.18. The van der Waals surface area contributed by atoms with E-state index in [-0.39, 0.29) is 12.4 Å². The minimum absolute atomic E-state index is 0. The van der Waals surface area contributed by atoms with Gasteiger partial charge in [0.05, 0.1) is 0 Å². The molecule has 2 nitrogen and oxygen atoms in total. The molecular weight excluding hydrogens is 268 g/mol. The van der Waals surface area contributed by atoms with E-state index < -0.39 is 0 Å². The summed E-state index contributed by atoms with van der Waals surface area (Å²) in [5, 5.41) is 6.97. The first kappa shape index (κ1) is 14.9. The van der Waals surface area contributed by atoms with Gasteiger partial charge in [-0.3, -0.25) is 0 Å². The molecule has 1 aliphatic heterocycles. The maximum atomic E-state index is 3.49. The Morgan fingerprint density at radius 2 is 1.85 bits per heavy atom. The molecule has 1 heterocycles. The smallest absolute Gasteiger partial charge is 0.0387 e. The Labute approximate surface area is 127 Å². The molecule has 2 N–H and O–H groups in total. The van der Waals surface area contributed by atoms with Gasteiger partial charge in [0, 0.05) is 17.9 Å². The van der Waals surface area contributed by atoms with Gasteiger partial charge in [-0.15, -0.1) is 12.4 Å². The van der Waals surface area contributed by atoms with Crippen molar-refractivity contribution in [1.82, 2.24) is 5.32 Å². The highest BCUT2D eigenvalue weighted by Crippen LogP contribution is 2.27. The maximum Gasteiger partial charge on any atom is 0.0387 e. The summed E-state index contributed by atoms with van der Waals surface area (Å²) in [4.78, 5) is 0. The third kappa shape index (κ3) is 3.33. The number of fused-ring (bicyclic) bond motifs is 1. The minimum atomic E-state index is 0. The summed E-state index contributed by atoms with van der Waals surface area (Å²) in [5.74, 6) is 0.579. The first-order valence-electron chi connectivity index (χ1n) is 6.98. The molecule has 1 unspecified atom stereocenters. The SMILES string of the molecule is CC1CNCCc2ccc(Nc3ccccc3)cc21.Cl. The zero-order chi connectivity index (χ0) is 13.1. The Bertz CT molecular complexity index is 554. The molecular formula is C17H21ClN2. The van der Waals surface area contributed by atoms with Crippen LogP contribution >= 0.6 is 12.4 Å². The van der Waals surface area contributed by atoms with Gasteiger partial charge in [-0.25, -0.2) is 0 Å². The molecule has 2 aromatic rings. The van der Waals surface area contributed by atoms with Gasteiger partial charge in [0.2, 0.25) is 0 Å². The third-order valence-electron chi connectivity index (χ3n) is 3.76. The molecule has 1 aliphatic rings. The number of anilines is 2. The largest absolute Gasteiger partial charge is 0.356 e. The highest BCUT2D eigenvalue weighted by Gasteiger charge is 2.14. The summed E-state index contributed by atoms with van der Waals surface area (Å²) >= 11 is 0. The summed E-state index contributed by atoms with van der Waals surface area (Å²) < 4.78 is 0. The first-order valence-corrected chi connectivity index (χ1v) is 6.98. The van der Waals surface area contributed by atoms with Crippen LogP contribution in [0.25, 0.3) is 0 Å². The van der Waals surface area contributed by atoms with Crippen molar-refractivity contribution in [2.45, 2.75) is 19.3 Å². The predicted octanol–water partition coefficient (Wildman–Crippen LogP) is 4.10. The fourth-order valence-corrected chi connectivity index (χ4v) is 2.70. The van der Waals surface area contributed by atoms with Crippen LogP contribution in [0.4, 0.5) is 11.4 Å². The van der Waals surface area contributed by atoms with Crippen LogP contribution in [0.5, 0.6) is 0 Å². The number of hydrogen-bond donors (Lipinski definition) is 2. The monoisotopic (exact) mass is 288 g/mol. The number of benzene rings is 2. The summed E-state index contributed by atoms with van der Waals surface area (Å²) in [6, 6.07) is 17.1. The van der Waals surface area contributed by atoms with E-state index in [9.17, 15) is 0 Å². The van der Waals surface area contributed by atoms with Crippen LogP contribution in [0.2, 0.25) is 0 Å². The standard InChI is InChI=1S/C17H20N2.ClH/c1-13-12-18-10-9-14-7-8-16(11-17(13)14)19-15-5-3-2-4-6-15;/h2-8,11,13,18-19H,9-10,12H2,1H3;1H. The van der Waals surface area contributed by atoms with Gasteiger partial charge in [-0.1, -0.05) is 31.2 Å². The topological polar surface area (TPSA) is 24.1 Å². The van der Waals surface area contributed by atoms with E-state index in [2.05, 4.69) is 60.0 Å². The minimum Gasteiger partial charge on any atom is -0.356 e. The Morgan fingerprint density at radius 1 is 1.05 bits per heavy atom. The van der Waals surface area contributed by atoms with Gasteiger partial charge in [0.15, 0.2) is 0 Å². The molecule has 3 rings (SSSR count). The second-order valence-corrected chi connectivity index (χ2v) is 5.26. The fourth-order valence-electron chi connectivity index (χ4n) is 2.70. The molecule has 2 aromatic carbocycles. The number of rotatable bonds is 2. The van der Waals surface area contributed by atoms with E-state index in [4.69, 9.17) is 0 Å². The van der Waals surface area contributed by atoms with E-state index in [0.717, 1.165) is 25.2 Å². The Morgan fingerprint density at radius 3 is 2.65 bits per heavy atom. The lowest BCUT2D eigenvalue weighted by molar-refractivity contribution is 0.644. The van der Waals surface area contributed by atoms with Crippen LogP contribution in [0.1, 0.15) is 24.0 Å². The molecule has 0 aromatic heterocycles. The van der Waals surface area contributed by atoms with Gasteiger partial charge >= 0.3 is 0 Å². The Hall–Kier alpha value is -1.51. The van der Waals surface area contributed by atoms with Crippen molar-refractivity contribution in [3.05, 3.63) is 59.7 Å². The van der Waals surface area contributed by atoms with Crippen LogP contribution in [0.3, 0.4) is 0 Å². The zero-order valence-corrected chi connectivity index (χ0v) is 12.5. The maximum absolute atomic E-state index is 3.49. The van der Waals surface area contributed by atoms with E-state index in [1.807, 2.05) is 6.07 Å². The Balaban J connectivity index is 0.00000147. The van der Waals surface area contributed by atoms with Gasteiger partial charge in [-0.05, 0) is 54.3 Å². The summed E-state index contributed by atoms with van der Waals surface area (Å²) in [6.07, 6.45) is 1.13. The number of halogens is 1. The zero-order valence-electron chi connectivity index (χ0n) is 11.7. The molecule has 0 spiro atoms. The lowest BCUT2D eigenvalue weighted by atomic mass is 9.95. The quantitative estimate of drug-likeness (QED) is 0.869. The van der Waals surface area contributed by atoms with Crippen molar-refractivity contribution in [2.24, 2.45) is 0 Å². The summed E-state index contributed by atoms with van der Waals surface area (Å²) in [5.41, 5.74) is 5.28. The molecule has 1 atom stereocenters. The molecule has 0 saturated carbocycles. The van der Waals surface area contributed by atoms with Crippen molar-refractivity contribution in [3.63, 3.8) is 0 Å². The van der Waals surface area contributed by atoms with Crippen molar-refractivity contribution in [2.75, 3.05) is 18.4 Å². The van der Waals surface area contributed by atoms with Crippen LogP contribution in [-0.2, 0) is 6.42 Å². The highest BCUT2D eigenvalue weighted by molar-refractivity contribution is 5.85. The summed E-state index contributed by atoms with van der Waals surface area (Å²) in [7, 11) is 0. The summed E-state index contributed by atoms with van der Waals surface area (Å²) in [6.45, 7) is 4.45. The van der Waals surface area contributed by atoms with Gasteiger partial charge in [0.1, 0.15) is 0 Å². The number of para-hydroxylation sites is 1. The second-order valence-electron chi connectivity index (χ2n) is 5.26. The van der Waals surface area contributed by atoms with E-state index in [0.29, 0.717) is 5.92 Å². The van der Waals surface area contributed by atoms with Crippen molar-refractivity contribution < 1.29 is 0 Å². The van der Waals surface area contributed by atoms with Gasteiger partial charge in [-0.2, -0.15) is 0 Å². The normalized spacial score (nSPS) is 17.6. The molecule has 3 heteroatoms. The van der Waals surface area contributed by atoms with E-state index >= 15 is 0 Å². The lowest BCUT2D eigenvalue weighted by Gasteiger charge is -2.15. The van der Waals surface area contributed by atoms with Crippen LogP contribution in [0.15, 0.2) is 48.5 Å². The van der Waals surface area contributed by atoms with Crippen molar-refractivity contribution in [3.8, 4) is 0 Å². The fraction of sp³-hybridized carbons (Fsp3) is 0.294. The third-order valence-corrected chi connectivity index (χ3v) is 3.76. The number of nitrogens with one attached hydrogen (secondary N) is 2.